The monoisotopic (exact) mass is 263 g/mol. The van der Waals surface area contributed by atoms with Gasteiger partial charge in [-0.15, -0.1) is 11.3 Å². The molecule has 1 aliphatic rings. The van der Waals surface area contributed by atoms with E-state index < -0.39 is 0 Å². The first kappa shape index (κ1) is 10.8. The molecule has 0 spiro atoms. The van der Waals surface area contributed by atoms with Crippen LogP contribution in [0.1, 0.15) is 23.0 Å². The molecule has 86 valence electrons. The van der Waals surface area contributed by atoms with E-state index >= 15 is 0 Å². The van der Waals surface area contributed by atoms with E-state index in [2.05, 4.69) is 16.6 Å². The Hall–Kier alpha value is -1.32. The van der Waals surface area contributed by atoms with Gasteiger partial charge < -0.3 is 4.84 Å². The van der Waals surface area contributed by atoms with Crippen molar-refractivity contribution < 1.29 is 4.84 Å². The maximum atomic E-state index is 5.86. The summed E-state index contributed by atoms with van der Waals surface area (Å²) in [5.41, 5.74) is 2.06. The third-order valence-electron chi connectivity index (χ3n) is 2.71. The molecule has 0 saturated heterocycles. The Kier molecular flexibility index (Phi) is 2.87. The van der Waals surface area contributed by atoms with E-state index in [0.29, 0.717) is 0 Å². The zero-order chi connectivity index (χ0) is 11.7. The van der Waals surface area contributed by atoms with E-state index in [9.17, 15) is 0 Å². The highest BCUT2D eigenvalue weighted by Crippen LogP contribution is 2.32. The number of oxime groups is 1. The predicted molar refractivity (Wildman–Crippen MR) is 70.8 cm³/mol. The summed E-state index contributed by atoms with van der Waals surface area (Å²) in [6.07, 6.45) is 0.892. The summed E-state index contributed by atoms with van der Waals surface area (Å²) in [6.45, 7) is 0. The summed E-state index contributed by atoms with van der Waals surface area (Å²) in [5, 5.41) is 6.95. The zero-order valence-electron chi connectivity index (χ0n) is 8.97. The summed E-state index contributed by atoms with van der Waals surface area (Å²) in [4.78, 5) is 6.68. The van der Waals surface area contributed by atoms with Gasteiger partial charge in [0.25, 0.3) is 0 Å². The summed E-state index contributed by atoms with van der Waals surface area (Å²) >= 11 is 7.56. The minimum atomic E-state index is 0.0701. The Morgan fingerprint density at radius 1 is 1.24 bits per heavy atom. The van der Waals surface area contributed by atoms with Gasteiger partial charge in [0, 0.05) is 16.3 Å². The second-order valence-corrected chi connectivity index (χ2v) is 5.27. The van der Waals surface area contributed by atoms with Crippen molar-refractivity contribution in [3.63, 3.8) is 0 Å². The molecule has 1 aromatic carbocycles. The molecule has 0 radical (unpaired) electrons. The average Bonchev–Trinajstić information content (AvgIpc) is 3.00. The van der Waals surface area contributed by atoms with Crippen molar-refractivity contribution in [2.24, 2.45) is 5.16 Å². The fourth-order valence-electron chi connectivity index (χ4n) is 1.82. The van der Waals surface area contributed by atoms with Crippen molar-refractivity contribution in [2.75, 3.05) is 0 Å². The molecule has 2 aromatic rings. The third kappa shape index (κ3) is 2.21. The van der Waals surface area contributed by atoms with Crippen LogP contribution in [0.25, 0.3) is 0 Å². The van der Waals surface area contributed by atoms with E-state index in [1.807, 2.05) is 30.3 Å². The van der Waals surface area contributed by atoms with Crippen molar-refractivity contribution in [1.82, 2.24) is 0 Å². The number of nitrogens with zero attached hydrogens (tertiary/aromatic N) is 1. The second kappa shape index (κ2) is 4.51. The molecule has 1 atom stereocenters. The normalized spacial score (nSPS) is 18.9. The highest BCUT2D eigenvalue weighted by molar-refractivity contribution is 7.10. The molecule has 3 rings (SSSR count). The first-order valence-corrected chi connectivity index (χ1v) is 6.61. The van der Waals surface area contributed by atoms with Crippen LogP contribution < -0.4 is 0 Å². The molecular weight excluding hydrogens is 254 g/mol. The van der Waals surface area contributed by atoms with Crippen molar-refractivity contribution >= 4 is 28.6 Å². The van der Waals surface area contributed by atoms with Gasteiger partial charge >= 0.3 is 0 Å². The number of thiophene rings is 1. The SMILES string of the molecule is Clc1ccc(C2=NOC(c3cccs3)C2)cc1. The van der Waals surface area contributed by atoms with Crippen LogP contribution in [-0.4, -0.2) is 5.71 Å². The largest absolute Gasteiger partial charge is 0.386 e. The molecule has 2 heterocycles. The fraction of sp³-hybridized carbons (Fsp3) is 0.154. The van der Waals surface area contributed by atoms with Gasteiger partial charge in [0.2, 0.25) is 0 Å². The van der Waals surface area contributed by atoms with Crippen molar-refractivity contribution in [3.05, 3.63) is 57.2 Å². The lowest BCUT2D eigenvalue weighted by molar-refractivity contribution is 0.0883. The molecule has 2 nitrogen and oxygen atoms in total. The third-order valence-corrected chi connectivity index (χ3v) is 3.92. The number of halogens is 1. The van der Waals surface area contributed by atoms with Gasteiger partial charge in [0.15, 0.2) is 6.10 Å². The van der Waals surface area contributed by atoms with Crippen LogP contribution in [0.3, 0.4) is 0 Å². The molecule has 0 aliphatic carbocycles. The Bertz CT molecular complexity index is 533. The number of rotatable bonds is 2. The second-order valence-electron chi connectivity index (χ2n) is 3.86. The number of benzene rings is 1. The molecule has 0 N–H and O–H groups in total. The van der Waals surface area contributed by atoms with Gasteiger partial charge in [-0.1, -0.05) is 35.0 Å². The molecule has 0 saturated carbocycles. The fourth-order valence-corrected chi connectivity index (χ4v) is 2.69. The van der Waals surface area contributed by atoms with Gasteiger partial charge in [0.05, 0.1) is 5.71 Å². The molecule has 0 amide bonds. The summed E-state index contributed by atoms with van der Waals surface area (Å²) in [5.74, 6) is 0. The van der Waals surface area contributed by atoms with Crippen LogP contribution >= 0.6 is 22.9 Å². The minimum absolute atomic E-state index is 0.0701. The number of hydrogen-bond donors (Lipinski definition) is 0. The quantitative estimate of drug-likeness (QED) is 0.793. The van der Waals surface area contributed by atoms with Gasteiger partial charge in [-0.25, -0.2) is 0 Å². The lowest BCUT2D eigenvalue weighted by Crippen LogP contribution is -1.99. The van der Waals surface area contributed by atoms with E-state index in [1.54, 1.807) is 11.3 Å². The van der Waals surface area contributed by atoms with Crippen LogP contribution in [0.5, 0.6) is 0 Å². The van der Waals surface area contributed by atoms with Gasteiger partial charge in [-0.3, -0.25) is 0 Å². The first-order chi connectivity index (χ1) is 8.33. The molecule has 4 heteroatoms. The smallest absolute Gasteiger partial charge is 0.167 e. The maximum Gasteiger partial charge on any atom is 0.167 e. The topological polar surface area (TPSA) is 21.6 Å². The van der Waals surface area contributed by atoms with Crippen molar-refractivity contribution in [3.8, 4) is 0 Å². The Morgan fingerprint density at radius 3 is 2.76 bits per heavy atom. The minimum Gasteiger partial charge on any atom is -0.386 e. The molecule has 1 aliphatic heterocycles. The van der Waals surface area contributed by atoms with E-state index in [-0.39, 0.29) is 6.10 Å². The van der Waals surface area contributed by atoms with Crippen LogP contribution in [-0.2, 0) is 4.84 Å². The summed E-state index contributed by atoms with van der Waals surface area (Å²) < 4.78 is 0. The summed E-state index contributed by atoms with van der Waals surface area (Å²) in [7, 11) is 0. The molecular formula is C13H10ClNOS. The first-order valence-electron chi connectivity index (χ1n) is 5.35. The van der Waals surface area contributed by atoms with E-state index in [4.69, 9.17) is 16.4 Å². The Morgan fingerprint density at radius 2 is 2.06 bits per heavy atom. The van der Waals surface area contributed by atoms with Crippen LogP contribution in [0.4, 0.5) is 0 Å². The van der Waals surface area contributed by atoms with Crippen LogP contribution in [0.15, 0.2) is 46.9 Å². The highest BCUT2D eigenvalue weighted by atomic mass is 35.5. The molecule has 17 heavy (non-hydrogen) atoms. The highest BCUT2D eigenvalue weighted by Gasteiger charge is 2.24. The zero-order valence-corrected chi connectivity index (χ0v) is 10.5. The predicted octanol–water partition coefficient (Wildman–Crippen LogP) is 4.27. The Labute approximate surface area is 108 Å². The average molecular weight is 264 g/mol. The van der Waals surface area contributed by atoms with Gasteiger partial charge in [0.1, 0.15) is 0 Å². The van der Waals surface area contributed by atoms with Crippen molar-refractivity contribution in [1.29, 1.82) is 0 Å². The maximum absolute atomic E-state index is 5.86. The van der Waals surface area contributed by atoms with Gasteiger partial charge in [-0.2, -0.15) is 0 Å². The van der Waals surface area contributed by atoms with Crippen LogP contribution in [0.2, 0.25) is 5.02 Å². The lowest BCUT2D eigenvalue weighted by atomic mass is 10.0. The van der Waals surface area contributed by atoms with E-state index in [0.717, 1.165) is 22.7 Å². The standard InChI is InChI=1S/C13H10ClNOS/c14-10-5-3-9(4-6-10)11-8-12(16-15-11)13-2-1-7-17-13/h1-7,12H,8H2. The molecule has 1 unspecified atom stereocenters. The number of hydrogen-bond acceptors (Lipinski definition) is 3. The Balaban J connectivity index is 1.77. The van der Waals surface area contributed by atoms with Gasteiger partial charge in [-0.05, 0) is 29.1 Å². The van der Waals surface area contributed by atoms with Crippen LogP contribution in [0, 0.1) is 0 Å². The van der Waals surface area contributed by atoms with E-state index in [1.165, 1.54) is 4.88 Å². The molecule has 1 aromatic heterocycles. The molecule has 0 bridgehead atoms. The lowest BCUT2D eigenvalue weighted by Gasteiger charge is -2.04. The molecule has 0 fully saturated rings. The summed E-state index contributed by atoms with van der Waals surface area (Å²) in [6, 6.07) is 11.8. The van der Waals surface area contributed by atoms with Crippen molar-refractivity contribution in [2.45, 2.75) is 12.5 Å².